The fourth-order valence-electron chi connectivity index (χ4n) is 3.40. The molecule has 0 fully saturated rings. The quantitative estimate of drug-likeness (QED) is 0.637. The third kappa shape index (κ3) is 3.75. The third-order valence-electron chi connectivity index (χ3n) is 4.73. The predicted molar refractivity (Wildman–Crippen MR) is 110 cm³/mol. The third-order valence-corrected chi connectivity index (χ3v) is 5.85. The van der Waals surface area contributed by atoms with E-state index in [2.05, 4.69) is 28.5 Å². The van der Waals surface area contributed by atoms with E-state index >= 15 is 0 Å². The van der Waals surface area contributed by atoms with Gasteiger partial charge in [0.25, 0.3) is 0 Å². The molecular weight excluding hydrogens is 366 g/mol. The van der Waals surface area contributed by atoms with Gasteiger partial charge in [0.05, 0.1) is 12.1 Å². The second kappa shape index (κ2) is 8.16. The average Bonchev–Trinajstić information content (AvgIpc) is 3.05. The van der Waals surface area contributed by atoms with Crippen LogP contribution in [0, 0.1) is 0 Å². The molecule has 4 N–H and O–H groups in total. The van der Waals surface area contributed by atoms with Gasteiger partial charge in [-0.05, 0) is 36.1 Å². The molecule has 2 atom stereocenters. The lowest BCUT2D eigenvalue weighted by Gasteiger charge is -2.27. The van der Waals surface area contributed by atoms with Gasteiger partial charge in [0.1, 0.15) is 0 Å². The van der Waals surface area contributed by atoms with E-state index in [0.29, 0.717) is 6.42 Å². The first-order valence-electron chi connectivity index (χ1n) is 8.55. The van der Waals surface area contributed by atoms with Crippen LogP contribution >= 0.6 is 24.2 Å². The maximum atomic E-state index is 12.6. The number of aromatic nitrogens is 1. The van der Waals surface area contributed by atoms with Gasteiger partial charge in [-0.2, -0.15) is 0 Å². The summed E-state index contributed by atoms with van der Waals surface area (Å²) >= 11 is 1.85. The summed E-state index contributed by atoms with van der Waals surface area (Å²) in [7, 11) is 0. The van der Waals surface area contributed by atoms with Crippen molar-refractivity contribution in [2.45, 2.75) is 29.8 Å². The van der Waals surface area contributed by atoms with E-state index in [4.69, 9.17) is 5.73 Å². The van der Waals surface area contributed by atoms with Gasteiger partial charge in [-0.15, -0.1) is 24.2 Å². The minimum Gasteiger partial charge on any atom is -0.361 e. The SMILES string of the molecule is Cl.N[C@@H](Cc1c[nH]c2ccccc12)C(=O)NC1CCSc2ccccc21. The van der Waals surface area contributed by atoms with Gasteiger partial charge in [-0.25, -0.2) is 0 Å². The minimum atomic E-state index is -0.555. The van der Waals surface area contributed by atoms with Gasteiger partial charge in [-0.3, -0.25) is 4.79 Å². The Hall–Kier alpha value is -1.95. The molecule has 0 saturated heterocycles. The standard InChI is InChI=1S/C20H21N3OS.ClH/c21-16(11-13-12-22-17-7-3-1-5-14(13)17)20(24)23-18-9-10-25-19-8-4-2-6-15(18)19;/h1-8,12,16,18,22H,9-11,21H2,(H,23,24);1H/t16-,18?;/m0./s1. The highest BCUT2D eigenvalue weighted by molar-refractivity contribution is 7.99. The van der Waals surface area contributed by atoms with Gasteiger partial charge < -0.3 is 16.0 Å². The van der Waals surface area contributed by atoms with Gasteiger partial charge >= 0.3 is 0 Å². The number of nitrogens with two attached hydrogens (primary N) is 1. The van der Waals surface area contributed by atoms with E-state index in [-0.39, 0.29) is 24.4 Å². The lowest BCUT2D eigenvalue weighted by atomic mass is 10.0. The van der Waals surface area contributed by atoms with Crippen LogP contribution in [0.1, 0.15) is 23.6 Å². The molecule has 2 aromatic carbocycles. The van der Waals surface area contributed by atoms with Crippen molar-refractivity contribution >= 4 is 41.0 Å². The van der Waals surface area contributed by atoms with E-state index in [1.165, 1.54) is 10.5 Å². The molecule has 0 aliphatic carbocycles. The number of rotatable bonds is 4. The molecule has 3 aromatic rings. The van der Waals surface area contributed by atoms with Crippen LogP contribution in [-0.2, 0) is 11.2 Å². The average molecular weight is 388 g/mol. The molecule has 0 spiro atoms. The predicted octanol–water partition coefficient (Wildman–Crippen LogP) is 3.81. The molecule has 0 bridgehead atoms. The van der Waals surface area contributed by atoms with Gasteiger partial charge in [0.15, 0.2) is 0 Å². The molecule has 1 aromatic heterocycles. The number of para-hydroxylation sites is 1. The Bertz CT molecular complexity index is 911. The monoisotopic (exact) mass is 387 g/mol. The zero-order chi connectivity index (χ0) is 17.2. The number of halogens is 1. The number of aromatic amines is 1. The number of hydrogen-bond donors (Lipinski definition) is 3. The molecule has 4 rings (SSSR count). The zero-order valence-corrected chi connectivity index (χ0v) is 15.9. The first-order chi connectivity index (χ1) is 12.2. The van der Waals surface area contributed by atoms with E-state index in [0.717, 1.165) is 28.6 Å². The van der Waals surface area contributed by atoms with Crippen LogP contribution < -0.4 is 11.1 Å². The van der Waals surface area contributed by atoms with Crippen molar-refractivity contribution in [1.29, 1.82) is 0 Å². The van der Waals surface area contributed by atoms with E-state index in [9.17, 15) is 4.79 Å². The number of benzene rings is 2. The van der Waals surface area contributed by atoms with Crippen molar-refractivity contribution in [3.05, 3.63) is 65.9 Å². The second-order valence-corrected chi connectivity index (χ2v) is 7.54. The lowest BCUT2D eigenvalue weighted by Crippen LogP contribution is -2.44. The van der Waals surface area contributed by atoms with Crippen LogP contribution in [0.3, 0.4) is 0 Å². The summed E-state index contributed by atoms with van der Waals surface area (Å²) in [6, 6.07) is 15.9. The normalized spacial score (nSPS) is 17.2. The zero-order valence-electron chi connectivity index (χ0n) is 14.3. The van der Waals surface area contributed by atoms with Crippen molar-refractivity contribution in [2.24, 2.45) is 5.73 Å². The molecule has 1 unspecified atom stereocenters. The Kier molecular flexibility index (Phi) is 5.91. The molecular formula is C20H22ClN3OS. The number of H-pyrrole nitrogens is 1. The maximum Gasteiger partial charge on any atom is 0.237 e. The number of nitrogens with one attached hydrogen (secondary N) is 2. The van der Waals surface area contributed by atoms with Crippen LogP contribution in [0.25, 0.3) is 10.9 Å². The van der Waals surface area contributed by atoms with Gasteiger partial charge in [-0.1, -0.05) is 36.4 Å². The van der Waals surface area contributed by atoms with Crippen molar-refractivity contribution in [3.63, 3.8) is 0 Å². The number of carbonyl (C=O) groups is 1. The van der Waals surface area contributed by atoms with Gasteiger partial charge in [0.2, 0.25) is 5.91 Å². The number of hydrogen-bond acceptors (Lipinski definition) is 3. The summed E-state index contributed by atoms with van der Waals surface area (Å²) < 4.78 is 0. The maximum absolute atomic E-state index is 12.6. The van der Waals surface area contributed by atoms with Gasteiger partial charge in [0, 0.05) is 27.7 Å². The Morgan fingerprint density at radius 1 is 1.23 bits per heavy atom. The number of amides is 1. The Morgan fingerprint density at radius 3 is 2.88 bits per heavy atom. The van der Waals surface area contributed by atoms with Crippen molar-refractivity contribution in [3.8, 4) is 0 Å². The highest BCUT2D eigenvalue weighted by Crippen LogP contribution is 2.35. The van der Waals surface area contributed by atoms with Crippen molar-refractivity contribution < 1.29 is 4.79 Å². The van der Waals surface area contributed by atoms with Crippen LogP contribution in [0.2, 0.25) is 0 Å². The first kappa shape index (κ1) is 18.8. The molecule has 1 aliphatic rings. The van der Waals surface area contributed by atoms with E-state index in [1.54, 1.807) is 0 Å². The van der Waals surface area contributed by atoms with Crippen molar-refractivity contribution in [2.75, 3.05) is 5.75 Å². The largest absolute Gasteiger partial charge is 0.361 e. The highest BCUT2D eigenvalue weighted by Gasteiger charge is 2.24. The molecule has 1 amide bonds. The lowest BCUT2D eigenvalue weighted by molar-refractivity contribution is -0.123. The van der Waals surface area contributed by atoms with Crippen LogP contribution in [0.15, 0.2) is 59.6 Å². The molecule has 4 nitrogen and oxygen atoms in total. The molecule has 0 saturated carbocycles. The molecule has 136 valence electrons. The Labute approximate surface area is 163 Å². The number of fused-ring (bicyclic) bond motifs is 2. The fourth-order valence-corrected chi connectivity index (χ4v) is 4.53. The molecule has 0 radical (unpaired) electrons. The minimum absolute atomic E-state index is 0. The van der Waals surface area contributed by atoms with Crippen molar-refractivity contribution in [1.82, 2.24) is 10.3 Å². The summed E-state index contributed by atoms with van der Waals surface area (Å²) in [5.74, 6) is 0.927. The smallest absolute Gasteiger partial charge is 0.237 e. The van der Waals surface area contributed by atoms with Crippen LogP contribution in [0.4, 0.5) is 0 Å². The fraction of sp³-hybridized carbons (Fsp3) is 0.250. The molecule has 1 aliphatic heterocycles. The van der Waals surface area contributed by atoms with E-state index in [1.807, 2.05) is 48.3 Å². The Morgan fingerprint density at radius 2 is 2.00 bits per heavy atom. The first-order valence-corrected chi connectivity index (χ1v) is 9.53. The number of carbonyl (C=O) groups excluding carboxylic acids is 1. The topological polar surface area (TPSA) is 70.9 Å². The molecule has 6 heteroatoms. The summed E-state index contributed by atoms with van der Waals surface area (Å²) in [6.45, 7) is 0. The summed E-state index contributed by atoms with van der Waals surface area (Å²) in [5.41, 5.74) is 9.56. The van der Waals surface area contributed by atoms with Crippen LogP contribution in [0.5, 0.6) is 0 Å². The number of thioether (sulfide) groups is 1. The summed E-state index contributed by atoms with van der Waals surface area (Å²) in [5, 5.41) is 4.28. The Balaban J connectivity index is 0.00000196. The summed E-state index contributed by atoms with van der Waals surface area (Å²) in [6.07, 6.45) is 3.41. The molecule has 2 heterocycles. The summed E-state index contributed by atoms with van der Waals surface area (Å²) in [4.78, 5) is 17.1. The highest BCUT2D eigenvalue weighted by atomic mass is 35.5. The second-order valence-electron chi connectivity index (χ2n) is 6.41. The van der Waals surface area contributed by atoms with E-state index < -0.39 is 6.04 Å². The molecule has 26 heavy (non-hydrogen) atoms. The van der Waals surface area contributed by atoms with Crippen LogP contribution in [-0.4, -0.2) is 22.7 Å².